The minimum absolute atomic E-state index is 0.131. The van der Waals surface area contributed by atoms with Gasteiger partial charge in [-0.2, -0.15) is 0 Å². The zero-order chi connectivity index (χ0) is 20.4. The Balaban J connectivity index is 1.80. The summed E-state index contributed by atoms with van der Waals surface area (Å²) < 4.78 is 10.3. The Hall–Kier alpha value is -2.90. The molecule has 0 unspecified atom stereocenters. The van der Waals surface area contributed by atoms with Crippen LogP contribution in [-0.4, -0.2) is 60.2 Å². The maximum Gasteiger partial charge on any atom is 0.334 e. The lowest BCUT2D eigenvalue weighted by Crippen LogP contribution is -2.46. The van der Waals surface area contributed by atoms with Gasteiger partial charge < -0.3 is 9.47 Å². The smallest absolute Gasteiger partial charge is 0.334 e. The minimum atomic E-state index is -0.955. The molecule has 8 nitrogen and oxygen atoms in total. The van der Waals surface area contributed by atoms with Crippen molar-refractivity contribution in [3.8, 4) is 11.5 Å². The summed E-state index contributed by atoms with van der Waals surface area (Å²) in [6.07, 6.45) is 3.53. The van der Waals surface area contributed by atoms with Gasteiger partial charge in [0.15, 0.2) is 5.78 Å². The molecule has 28 heavy (non-hydrogen) atoms. The molecule has 1 aromatic rings. The molecule has 0 radical (unpaired) electrons. The Morgan fingerprint density at radius 3 is 2.43 bits per heavy atom. The van der Waals surface area contributed by atoms with E-state index < -0.39 is 30.2 Å². The van der Waals surface area contributed by atoms with Gasteiger partial charge in [-0.25, -0.2) is 9.69 Å². The first kappa shape index (κ1) is 19.9. The topological polar surface area (TPSA) is 93.2 Å². The standard InChI is InChI=1S/C20H24N2O6/c1-12-6-4-5-7-15(12)22-19(25)18(24)21(20(22)26)11-16(23)14-9-8-13(27-2)10-17(14)28-3/h8-10,12,15H,4-7,11H2,1-3H3/t12-,15+/m0/s1. The molecule has 2 aliphatic rings. The summed E-state index contributed by atoms with van der Waals surface area (Å²) in [4.78, 5) is 52.2. The molecular formula is C20H24N2O6. The lowest BCUT2D eigenvalue weighted by Gasteiger charge is -2.34. The van der Waals surface area contributed by atoms with E-state index in [1.165, 1.54) is 20.3 Å². The summed E-state index contributed by atoms with van der Waals surface area (Å²) in [7, 11) is 2.90. The quantitative estimate of drug-likeness (QED) is 0.422. The first-order valence-corrected chi connectivity index (χ1v) is 9.33. The van der Waals surface area contributed by atoms with E-state index in [2.05, 4.69) is 0 Å². The van der Waals surface area contributed by atoms with E-state index in [0.29, 0.717) is 12.2 Å². The normalized spacial score (nSPS) is 22.6. The number of rotatable bonds is 6. The van der Waals surface area contributed by atoms with Crippen LogP contribution in [0.15, 0.2) is 18.2 Å². The molecule has 1 saturated heterocycles. The molecule has 0 N–H and O–H groups in total. The molecule has 2 atom stereocenters. The average Bonchev–Trinajstić information content (AvgIpc) is 2.91. The van der Waals surface area contributed by atoms with Crippen LogP contribution in [0.5, 0.6) is 11.5 Å². The van der Waals surface area contributed by atoms with Crippen molar-refractivity contribution in [3.63, 3.8) is 0 Å². The van der Waals surface area contributed by atoms with Gasteiger partial charge in [0.25, 0.3) is 0 Å². The molecule has 150 valence electrons. The summed E-state index contributed by atoms with van der Waals surface area (Å²) in [5, 5.41) is 0. The highest BCUT2D eigenvalue weighted by Crippen LogP contribution is 2.31. The van der Waals surface area contributed by atoms with E-state index in [9.17, 15) is 19.2 Å². The highest BCUT2D eigenvalue weighted by Gasteiger charge is 2.49. The Bertz CT molecular complexity index is 821. The third-order valence-corrected chi connectivity index (χ3v) is 5.49. The highest BCUT2D eigenvalue weighted by atomic mass is 16.5. The third-order valence-electron chi connectivity index (χ3n) is 5.49. The summed E-state index contributed by atoms with van der Waals surface area (Å²) in [5.74, 6) is -1.39. The number of benzene rings is 1. The SMILES string of the molecule is COc1ccc(C(=O)CN2C(=O)C(=O)N([C@@H]3CCCC[C@@H]3C)C2=O)c(OC)c1. The zero-order valence-electron chi connectivity index (χ0n) is 16.3. The van der Waals surface area contributed by atoms with Gasteiger partial charge in [0.05, 0.1) is 26.3 Å². The largest absolute Gasteiger partial charge is 0.497 e. The molecule has 1 aliphatic carbocycles. The third kappa shape index (κ3) is 3.46. The molecule has 8 heteroatoms. The fourth-order valence-corrected chi connectivity index (χ4v) is 3.89. The van der Waals surface area contributed by atoms with Crippen molar-refractivity contribution in [2.24, 2.45) is 5.92 Å². The molecular weight excluding hydrogens is 364 g/mol. The number of urea groups is 1. The predicted octanol–water partition coefficient (Wildman–Crippen LogP) is 2.26. The zero-order valence-corrected chi connectivity index (χ0v) is 16.3. The number of methoxy groups -OCH3 is 2. The van der Waals surface area contributed by atoms with Crippen molar-refractivity contribution >= 4 is 23.6 Å². The van der Waals surface area contributed by atoms with Crippen molar-refractivity contribution in [1.82, 2.24) is 9.80 Å². The molecule has 0 spiro atoms. The van der Waals surface area contributed by atoms with E-state index in [4.69, 9.17) is 9.47 Å². The first-order valence-electron chi connectivity index (χ1n) is 9.33. The van der Waals surface area contributed by atoms with Gasteiger partial charge >= 0.3 is 17.8 Å². The Labute approximate surface area is 163 Å². The maximum absolute atomic E-state index is 12.8. The predicted molar refractivity (Wildman–Crippen MR) is 99.3 cm³/mol. The molecule has 2 fully saturated rings. The first-order chi connectivity index (χ1) is 13.4. The molecule has 0 bridgehead atoms. The van der Waals surface area contributed by atoms with Gasteiger partial charge in [0.1, 0.15) is 11.5 Å². The van der Waals surface area contributed by atoms with Crippen LogP contribution in [0.4, 0.5) is 4.79 Å². The monoisotopic (exact) mass is 388 g/mol. The van der Waals surface area contributed by atoms with Crippen LogP contribution in [0.1, 0.15) is 43.0 Å². The van der Waals surface area contributed by atoms with Crippen LogP contribution in [0, 0.1) is 5.92 Å². The van der Waals surface area contributed by atoms with Gasteiger partial charge in [-0.15, -0.1) is 0 Å². The van der Waals surface area contributed by atoms with Crippen molar-refractivity contribution in [3.05, 3.63) is 23.8 Å². The van der Waals surface area contributed by atoms with E-state index in [0.717, 1.165) is 29.1 Å². The second-order valence-electron chi connectivity index (χ2n) is 7.17. The van der Waals surface area contributed by atoms with Crippen LogP contribution >= 0.6 is 0 Å². The van der Waals surface area contributed by atoms with E-state index in [1.54, 1.807) is 12.1 Å². The number of hydrogen-bond donors (Lipinski definition) is 0. The number of imide groups is 2. The van der Waals surface area contributed by atoms with Crippen molar-refractivity contribution < 1.29 is 28.7 Å². The van der Waals surface area contributed by atoms with E-state index in [1.807, 2.05) is 6.92 Å². The summed E-state index contributed by atoms with van der Waals surface area (Å²) >= 11 is 0. The lowest BCUT2D eigenvalue weighted by molar-refractivity contribution is -0.144. The second kappa shape index (κ2) is 8.00. The second-order valence-corrected chi connectivity index (χ2v) is 7.17. The van der Waals surface area contributed by atoms with Gasteiger partial charge in [-0.05, 0) is 30.9 Å². The van der Waals surface area contributed by atoms with Crippen LogP contribution in [0.3, 0.4) is 0 Å². The van der Waals surface area contributed by atoms with E-state index in [-0.39, 0.29) is 23.3 Å². The molecule has 1 saturated carbocycles. The molecule has 1 aromatic carbocycles. The number of hydrogen-bond acceptors (Lipinski definition) is 6. The van der Waals surface area contributed by atoms with Crippen molar-refractivity contribution in [2.75, 3.05) is 20.8 Å². The van der Waals surface area contributed by atoms with Crippen LogP contribution in [0.2, 0.25) is 0 Å². The number of ketones is 1. The number of carbonyl (C=O) groups excluding carboxylic acids is 4. The average molecular weight is 388 g/mol. The van der Waals surface area contributed by atoms with E-state index >= 15 is 0 Å². The molecule has 0 aromatic heterocycles. The minimum Gasteiger partial charge on any atom is -0.497 e. The van der Waals surface area contributed by atoms with Crippen LogP contribution < -0.4 is 9.47 Å². The van der Waals surface area contributed by atoms with Crippen LogP contribution in [0.25, 0.3) is 0 Å². The fourth-order valence-electron chi connectivity index (χ4n) is 3.89. The highest BCUT2D eigenvalue weighted by molar-refractivity contribution is 6.45. The summed E-state index contributed by atoms with van der Waals surface area (Å²) in [6, 6.07) is 3.63. The van der Waals surface area contributed by atoms with Crippen molar-refractivity contribution in [2.45, 2.75) is 38.6 Å². The van der Waals surface area contributed by atoms with Gasteiger partial charge in [-0.3, -0.25) is 19.3 Å². The van der Waals surface area contributed by atoms with Gasteiger partial charge in [-0.1, -0.05) is 19.8 Å². The Kier molecular flexibility index (Phi) is 5.67. The Morgan fingerprint density at radius 2 is 1.79 bits per heavy atom. The lowest BCUT2D eigenvalue weighted by atomic mass is 9.85. The molecule has 1 aliphatic heterocycles. The maximum atomic E-state index is 12.8. The molecule has 1 heterocycles. The fraction of sp³-hybridized carbons (Fsp3) is 0.500. The van der Waals surface area contributed by atoms with Gasteiger partial charge in [0, 0.05) is 12.1 Å². The number of ether oxygens (including phenoxy) is 2. The number of nitrogens with zero attached hydrogens (tertiary/aromatic N) is 2. The number of amides is 4. The molecule has 4 amide bonds. The number of carbonyl (C=O) groups is 4. The van der Waals surface area contributed by atoms with Crippen molar-refractivity contribution in [1.29, 1.82) is 0 Å². The Morgan fingerprint density at radius 1 is 1.07 bits per heavy atom. The van der Waals surface area contributed by atoms with Crippen LogP contribution in [-0.2, 0) is 9.59 Å². The number of Topliss-reactive ketones (excluding diaryl/α,β-unsaturated/α-hetero) is 1. The summed E-state index contributed by atoms with van der Waals surface area (Å²) in [6.45, 7) is 1.47. The molecule has 3 rings (SSSR count). The van der Waals surface area contributed by atoms with Gasteiger partial charge in [0.2, 0.25) is 0 Å². The summed E-state index contributed by atoms with van der Waals surface area (Å²) in [5.41, 5.74) is 0.209.